The number of hydrogen-bond donors (Lipinski definition) is 3. The summed E-state index contributed by atoms with van der Waals surface area (Å²) in [7, 11) is 0. The van der Waals surface area contributed by atoms with Crippen molar-refractivity contribution < 1.29 is 9.32 Å². The molecule has 0 saturated heterocycles. The number of nitrogen functional groups attached to an aromatic ring is 1. The number of pyridine rings is 1. The highest BCUT2D eigenvalue weighted by molar-refractivity contribution is 6.04. The number of anilines is 2. The third kappa shape index (κ3) is 3.19. The van der Waals surface area contributed by atoms with Gasteiger partial charge in [0, 0.05) is 16.8 Å². The molecule has 2 aromatic heterocycles. The van der Waals surface area contributed by atoms with Gasteiger partial charge in [-0.25, -0.2) is 10.8 Å². The number of aromatic nitrogens is 2. The molecule has 0 atom stereocenters. The number of carbonyl (C=O) groups excluding carboxylic acids is 1. The lowest BCUT2D eigenvalue weighted by Crippen LogP contribution is -2.16. The first-order chi connectivity index (χ1) is 9.92. The molecule has 7 heteroatoms. The Morgan fingerprint density at radius 1 is 1.33 bits per heavy atom. The van der Waals surface area contributed by atoms with Crippen LogP contribution in [0.25, 0.3) is 0 Å². The van der Waals surface area contributed by atoms with E-state index in [0.717, 1.165) is 17.0 Å². The smallest absolute Gasteiger partial charge is 0.258 e. The van der Waals surface area contributed by atoms with Gasteiger partial charge in [0.15, 0.2) is 0 Å². The Kier molecular flexibility index (Phi) is 4.23. The topological polar surface area (TPSA) is 106 Å². The van der Waals surface area contributed by atoms with Gasteiger partial charge in [-0.1, -0.05) is 19.0 Å². The van der Waals surface area contributed by atoms with Crippen LogP contribution in [0.2, 0.25) is 0 Å². The van der Waals surface area contributed by atoms with Crippen LogP contribution in [0.1, 0.15) is 47.1 Å². The first-order valence-electron chi connectivity index (χ1n) is 6.65. The van der Waals surface area contributed by atoms with Gasteiger partial charge in [0.25, 0.3) is 5.91 Å². The van der Waals surface area contributed by atoms with Gasteiger partial charge in [0.05, 0.1) is 5.69 Å². The highest BCUT2D eigenvalue weighted by Gasteiger charge is 2.15. The molecule has 0 aliphatic rings. The molecule has 0 radical (unpaired) electrons. The number of nitrogens with two attached hydrogens (primary N) is 1. The largest absolute Gasteiger partial charge is 0.338 e. The Labute approximate surface area is 122 Å². The van der Waals surface area contributed by atoms with Gasteiger partial charge in [-0.3, -0.25) is 10.1 Å². The van der Waals surface area contributed by atoms with Crippen LogP contribution in [0.3, 0.4) is 0 Å². The van der Waals surface area contributed by atoms with Crippen molar-refractivity contribution in [2.75, 3.05) is 10.7 Å². The number of aryl methyl sites for hydroxylation is 1. The van der Waals surface area contributed by atoms with Gasteiger partial charge in [0.2, 0.25) is 5.88 Å². The highest BCUT2D eigenvalue weighted by Crippen LogP contribution is 2.21. The SMILES string of the molecule is Cc1noc(NC(=O)c2cc(NN)nc(C(C)C)c2)c1C. The van der Waals surface area contributed by atoms with Crippen LogP contribution in [-0.2, 0) is 0 Å². The number of nitrogens with one attached hydrogen (secondary N) is 2. The minimum absolute atomic E-state index is 0.180. The van der Waals surface area contributed by atoms with E-state index in [1.54, 1.807) is 12.1 Å². The molecule has 0 aliphatic heterocycles. The molecule has 4 N–H and O–H groups in total. The predicted octanol–water partition coefficient (Wildman–Crippen LogP) is 2.35. The molecule has 21 heavy (non-hydrogen) atoms. The number of carbonyl (C=O) groups is 1. The van der Waals surface area contributed by atoms with Gasteiger partial charge in [-0.2, -0.15) is 0 Å². The zero-order valence-electron chi connectivity index (χ0n) is 12.5. The van der Waals surface area contributed by atoms with E-state index < -0.39 is 0 Å². The Balaban J connectivity index is 2.30. The lowest BCUT2D eigenvalue weighted by atomic mass is 10.1. The maximum absolute atomic E-state index is 12.3. The molecular weight excluding hydrogens is 270 g/mol. The van der Waals surface area contributed by atoms with Crippen LogP contribution in [0.5, 0.6) is 0 Å². The van der Waals surface area contributed by atoms with Crippen molar-refractivity contribution in [2.24, 2.45) is 5.84 Å². The van der Waals surface area contributed by atoms with Crippen molar-refractivity contribution in [3.63, 3.8) is 0 Å². The van der Waals surface area contributed by atoms with E-state index in [0.29, 0.717) is 17.3 Å². The molecule has 0 bridgehead atoms. The molecule has 0 aliphatic carbocycles. The molecule has 112 valence electrons. The molecule has 0 spiro atoms. The second kappa shape index (κ2) is 5.92. The van der Waals surface area contributed by atoms with E-state index in [1.165, 1.54) is 0 Å². The summed E-state index contributed by atoms with van der Waals surface area (Å²) in [6.45, 7) is 7.64. The number of nitrogens with zero attached hydrogens (tertiary/aromatic N) is 2. The zero-order chi connectivity index (χ0) is 15.6. The van der Waals surface area contributed by atoms with Crippen molar-refractivity contribution in [1.29, 1.82) is 0 Å². The fourth-order valence-electron chi connectivity index (χ4n) is 1.76. The van der Waals surface area contributed by atoms with Gasteiger partial charge in [-0.05, 0) is 31.9 Å². The van der Waals surface area contributed by atoms with Crippen LogP contribution in [0.4, 0.5) is 11.7 Å². The Morgan fingerprint density at radius 2 is 2.05 bits per heavy atom. The predicted molar refractivity (Wildman–Crippen MR) is 80.1 cm³/mol. The Bertz CT molecular complexity index is 663. The maximum atomic E-state index is 12.3. The molecule has 0 aromatic carbocycles. The van der Waals surface area contributed by atoms with E-state index in [1.807, 2.05) is 27.7 Å². The molecule has 0 unspecified atom stereocenters. The Hall–Kier alpha value is -2.41. The van der Waals surface area contributed by atoms with Crippen molar-refractivity contribution >= 4 is 17.6 Å². The summed E-state index contributed by atoms with van der Waals surface area (Å²) in [5, 5.41) is 6.51. The van der Waals surface area contributed by atoms with Gasteiger partial charge in [0.1, 0.15) is 5.82 Å². The summed E-state index contributed by atoms with van der Waals surface area (Å²) in [6, 6.07) is 3.32. The molecule has 2 heterocycles. The van der Waals surface area contributed by atoms with Gasteiger partial charge < -0.3 is 9.95 Å². The minimum atomic E-state index is -0.296. The first-order valence-corrected chi connectivity index (χ1v) is 6.65. The fraction of sp³-hybridized carbons (Fsp3) is 0.357. The average molecular weight is 289 g/mol. The summed E-state index contributed by atoms with van der Waals surface area (Å²) in [6.07, 6.45) is 0. The van der Waals surface area contributed by atoms with E-state index in [2.05, 4.69) is 20.9 Å². The van der Waals surface area contributed by atoms with Crippen LogP contribution in [-0.4, -0.2) is 16.0 Å². The molecule has 1 amide bonds. The third-order valence-corrected chi connectivity index (χ3v) is 3.23. The molecule has 2 rings (SSSR count). The van der Waals surface area contributed by atoms with Crippen LogP contribution in [0.15, 0.2) is 16.7 Å². The number of hydrogen-bond acceptors (Lipinski definition) is 6. The van der Waals surface area contributed by atoms with Crippen LogP contribution < -0.4 is 16.6 Å². The summed E-state index contributed by atoms with van der Waals surface area (Å²) in [5.41, 5.74) is 5.25. The monoisotopic (exact) mass is 289 g/mol. The molecular formula is C14H19N5O2. The molecule has 2 aromatic rings. The van der Waals surface area contributed by atoms with Crippen LogP contribution >= 0.6 is 0 Å². The fourth-order valence-corrected chi connectivity index (χ4v) is 1.76. The lowest BCUT2D eigenvalue weighted by Gasteiger charge is -2.10. The average Bonchev–Trinajstić information content (AvgIpc) is 2.78. The number of amides is 1. The lowest BCUT2D eigenvalue weighted by molar-refractivity contribution is 0.102. The van der Waals surface area contributed by atoms with Gasteiger partial charge in [-0.15, -0.1) is 0 Å². The third-order valence-electron chi connectivity index (χ3n) is 3.23. The molecule has 0 fully saturated rings. The maximum Gasteiger partial charge on any atom is 0.258 e. The summed E-state index contributed by atoms with van der Waals surface area (Å²) in [5.74, 6) is 6.07. The molecule has 7 nitrogen and oxygen atoms in total. The van der Waals surface area contributed by atoms with E-state index in [4.69, 9.17) is 10.4 Å². The van der Waals surface area contributed by atoms with Crippen molar-refractivity contribution in [2.45, 2.75) is 33.6 Å². The van der Waals surface area contributed by atoms with E-state index in [9.17, 15) is 4.79 Å². The van der Waals surface area contributed by atoms with Gasteiger partial charge >= 0.3 is 0 Å². The summed E-state index contributed by atoms with van der Waals surface area (Å²) in [4.78, 5) is 16.6. The second-order valence-corrected chi connectivity index (χ2v) is 5.14. The number of rotatable bonds is 4. The minimum Gasteiger partial charge on any atom is -0.338 e. The Morgan fingerprint density at radius 3 is 2.57 bits per heavy atom. The molecule has 0 saturated carbocycles. The highest BCUT2D eigenvalue weighted by atomic mass is 16.5. The summed E-state index contributed by atoms with van der Waals surface area (Å²) >= 11 is 0. The van der Waals surface area contributed by atoms with E-state index in [-0.39, 0.29) is 11.8 Å². The van der Waals surface area contributed by atoms with Crippen molar-refractivity contribution in [1.82, 2.24) is 10.1 Å². The summed E-state index contributed by atoms with van der Waals surface area (Å²) < 4.78 is 5.08. The van der Waals surface area contributed by atoms with Crippen LogP contribution in [0, 0.1) is 13.8 Å². The second-order valence-electron chi connectivity index (χ2n) is 5.14. The first kappa shape index (κ1) is 15.0. The standard InChI is InChI=1S/C14H19N5O2/c1-7(2)11-5-10(6-12(16-11)18-15)13(20)17-14-8(3)9(4)19-21-14/h5-7H,15H2,1-4H3,(H,16,18)(H,17,20). The normalized spacial score (nSPS) is 10.8. The zero-order valence-corrected chi connectivity index (χ0v) is 12.5. The van der Waals surface area contributed by atoms with E-state index >= 15 is 0 Å². The quantitative estimate of drug-likeness (QED) is 0.589. The van der Waals surface area contributed by atoms with Crippen molar-refractivity contribution in [3.05, 3.63) is 34.6 Å². The van der Waals surface area contributed by atoms with Crippen molar-refractivity contribution in [3.8, 4) is 0 Å². The number of hydrazine groups is 1.